The van der Waals surface area contributed by atoms with Crippen LogP contribution in [0.1, 0.15) is 61.8 Å². The van der Waals surface area contributed by atoms with Gasteiger partial charge in [-0.05, 0) is 58.9 Å². The second kappa shape index (κ2) is 6.92. The van der Waals surface area contributed by atoms with Crippen LogP contribution >= 0.6 is 0 Å². The molecule has 22 heavy (non-hydrogen) atoms. The average molecular weight is 308 g/mol. The molecular formula is C17H24O5. The molecule has 0 heterocycles. The van der Waals surface area contributed by atoms with Gasteiger partial charge in [-0.25, -0.2) is 9.59 Å². The lowest BCUT2D eigenvalue weighted by molar-refractivity contribution is -0.0474. The lowest BCUT2D eigenvalue weighted by atomic mass is 10.1. The van der Waals surface area contributed by atoms with Gasteiger partial charge in [-0.3, -0.25) is 0 Å². The van der Waals surface area contributed by atoms with Crippen molar-refractivity contribution in [2.45, 2.75) is 52.2 Å². The van der Waals surface area contributed by atoms with Gasteiger partial charge in [0.1, 0.15) is 5.60 Å². The molecule has 1 aromatic carbocycles. The van der Waals surface area contributed by atoms with Crippen LogP contribution < -0.4 is 0 Å². The molecule has 1 aromatic rings. The average Bonchev–Trinajstić information content (AvgIpc) is 2.36. The van der Waals surface area contributed by atoms with Gasteiger partial charge in [0.05, 0.1) is 23.3 Å². The Labute approximate surface area is 131 Å². The fraction of sp³-hybridized carbons (Fsp3) is 0.529. The van der Waals surface area contributed by atoms with Crippen molar-refractivity contribution in [1.82, 2.24) is 0 Å². The summed E-state index contributed by atoms with van der Waals surface area (Å²) in [6.07, 6.45) is 0.573. The topological polar surface area (TPSA) is 72.8 Å². The van der Waals surface area contributed by atoms with Gasteiger partial charge in [0.15, 0.2) is 0 Å². The third kappa shape index (κ3) is 6.26. The Morgan fingerprint density at radius 2 is 1.50 bits per heavy atom. The van der Waals surface area contributed by atoms with Crippen LogP contribution in [0.4, 0.5) is 0 Å². The third-order valence-corrected chi connectivity index (χ3v) is 2.98. The Bertz CT molecular complexity index is 523. The highest BCUT2D eigenvalue weighted by atomic mass is 16.6. The predicted octanol–water partition coefficient (Wildman–Crippen LogP) is 3.53. The monoisotopic (exact) mass is 308 g/mol. The lowest BCUT2D eigenvalue weighted by Gasteiger charge is -2.27. The minimum absolute atomic E-state index is 0.134. The molecule has 1 rings (SSSR count). The van der Waals surface area contributed by atoms with E-state index in [0.29, 0.717) is 18.6 Å². The zero-order chi connectivity index (χ0) is 17.0. The van der Waals surface area contributed by atoms with Crippen LogP contribution in [0.5, 0.6) is 0 Å². The fourth-order valence-electron chi connectivity index (χ4n) is 1.71. The number of carbonyl (C=O) groups is 2. The molecule has 0 radical (unpaired) electrons. The van der Waals surface area contributed by atoms with Crippen LogP contribution in [0.3, 0.4) is 0 Å². The van der Waals surface area contributed by atoms with Gasteiger partial charge in [0.2, 0.25) is 0 Å². The van der Waals surface area contributed by atoms with Crippen molar-refractivity contribution < 1.29 is 24.2 Å². The first-order valence-corrected chi connectivity index (χ1v) is 7.21. The molecule has 0 spiro atoms. The van der Waals surface area contributed by atoms with Crippen molar-refractivity contribution in [3.63, 3.8) is 0 Å². The van der Waals surface area contributed by atoms with Crippen molar-refractivity contribution in [2.75, 3.05) is 6.61 Å². The number of hydrogen-bond donors (Lipinski definition) is 1. The molecule has 0 unspecified atom stereocenters. The van der Waals surface area contributed by atoms with E-state index in [1.165, 1.54) is 24.3 Å². The first-order valence-electron chi connectivity index (χ1n) is 7.21. The molecular weight excluding hydrogens is 284 g/mol. The summed E-state index contributed by atoms with van der Waals surface area (Å²) in [4.78, 5) is 22.9. The SMILES string of the molecule is CC(C)(C)OCCC(C)(C)OC(=O)c1ccc(C(=O)O)cc1. The minimum Gasteiger partial charge on any atom is -0.478 e. The molecule has 0 amide bonds. The molecule has 0 aliphatic rings. The van der Waals surface area contributed by atoms with E-state index < -0.39 is 17.5 Å². The molecule has 0 fully saturated rings. The van der Waals surface area contributed by atoms with Crippen molar-refractivity contribution in [3.8, 4) is 0 Å². The fourth-order valence-corrected chi connectivity index (χ4v) is 1.71. The molecule has 0 saturated heterocycles. The lowest BCUT2D eigenvalue weighted by Crippen LogP contribution is -2.31. The summed E-state index contributed by atoms with van der Waals surface area (Å²) < 4.78 is 11.1. The number of carboxylic acid groups (broad SMARTS) is 1. The molecule has 0 aromatic heterocycles. The molecule has 0 aliphatic carbocycles. The van der Waals surface area contributed by atoms with E-state index >= 15 is 0 Å². The summed E-state index contributed by atoms with van der Waals surface area (Å²) in [5.74, 6) is -1.50. The van der Waals surface area contributed by atoms with Crippen molar-refractivity contribution in [2.24, 2.45) is 0 Å². The molecule has 5 nitrogen and oxygen atoms in total. The zero-order valence-corrected chi connectivity index (χ0v) is 13.8. The van der Waals surface area contributed by atoms with E-state index in [4.69, 9.17) is 14.6 Å². The second-order valence-electron chi connectivity index (χ2n) is 6.74. The van der Waals surface area contributed by atoms with Gasteiger partial charge in [0.25, 0.3) is 0 Å². The number of aromatic carboxylic acids is 1. The maximum absolute atomic E-state index is 12.1. The van der Waals surface area contributed by atoms with E-state index in [1.54, 1.807) is 0 Å². The van der Waals surface area contributed by atoms with E-state index in [1.807, 2.05) is 34.6 Å². The quantitative estimate of drug-likeness (QED) is 0.814. The van der Waals surface area contributed by atoms with Crippen LogP contribution in [-0.2, 0) is 9.47 Å². The second-order valence-corrected chi connectivity index (χ2v) is 6.74. The van der Waals surface area contributed by atoms with Gasteiger partial charge in [-0.1, -0.05) is 0 Å². The van der Waals surface area contributed by atoms with Gasteiger partial charge in [-0.15, -0.1) is 0 Å². The highest BCUT2D eigenvalue weighted by Crippen LogP contribution is 2.19. The van der Waals surface area contributed by atoms with Gasteiger partial charge >= 0.3 is 11.9 Å². The van der Waals surface area contributed by atoms with Gasteiger partial charge in [0, 0.05) is 6.42 Å². The summed E-state index contributed by atoms with van der Waals surface area (Å²) in [5.41, 5.74) is -0.426. The Morgan fingerprint density at radius 1 is 1.00 bits per heavy atom. The first kappa shape index (κ1) is 18.2. The predicted molar refractivity (Wildman–Crippen MR) is 83.2 cm³/mol. The standard InChI is InChI=1S/C17H24O5/c1-16(2,3)21-11-10-17(4,5)22-15(20)13-8-6-12(7-9-13)14(18)19/h6-9H,10-11H2,1-5H3,(H,18,19). The molecule has 0 atom stereocenters. The Kier molecular flexibility index (Phi) is 5.72. The van der Waals surface area contributed by atoms with Crippen molar-refractivity contribution in [1.29, 1.82) is 0 Å². The molecule has 0 saturated carbocycles. The number of carboxylic acids is 1. The Hall–Kier alpha value is -1.88. The van der Waals surface area contributed by atoms with E-state index in [2.05, 4.69) is 0 Å². The Morgan fingerprint density at radius 3 is 1.95 bits per heavy atom. The minimum atomic E-state index is -1.03. The highest BCUT2D eigenvalue weighted by molar-refractivity contribution is 5.92. The first-order chi connectivity index (χ1) is 10.0. The maximum atomic E-state index is 12.1. The van der Waals surface area contributed by atoms with Crippen LogP contribution in [0.15, 0.2) is 24.3 Å². The molecule has 5 heteroatoms. The van der Waals surface area contributed by atoms with Crippen molar-refractivity contribution in [3.05, 3.63) is 35.4 Å². The highest BCUT2D eigenvalue weighted by Gasteiger charge is 2.24. The van der Waals surface area contributed by atoms with E-state index in [9.17, 15) is 9.59 Å². The van der Waals surface area contributed by atoms with Gasteiger partial charge in [-0.2, -0.15) is 0 Å². The van der Waals surface area contributed by atoms with Crippen LogP contribution in [0, 0.1) is 0 Å². The van der Waals surface area contributed by atoms with Crippen LogP contribution in [-0.4, -0.2) is 34.9 Å². The molecule has 0 aliphatic heterocycles. The summed E-state index contributed by atoms with van der Waals surface area (Å²) in [6.45, 7) is 10.0. The van der Waals surface area contributed by atoms with Crippen LogP contribution in [0.2, 0.25) is 0 Å². The number of esters is 1. The smallest absolute Gasteiger partial charge is 0.338 e. The summed E-state index contributed by atoms with van der Waals surface area (Å²) in [6, 6.07) is 5.67. The zero-order valence-electron chi connectivity index (χ0n) is 13.8. The number of hydrogen-bond acceptors (Lipinski definition) is 4. The Balaban J connectivity index is 2.60. The third-order valence-electron chi connectivity index (χ3n) is 2.98. The molecule has 122 valence electrons. The summed E-state index contributed by atoms with van der Waals surface area (Å²) in [7, 11) is 0. The van der Waals surface area contributed by atoms with E-state index in [0.717, 1.165) is 0 Å². The number of carbonyl (C=O) groups excluding carboxylic acids is 1. The number of benzene rings is 1. The van der Waals surface area contributed by atoms with Gasteiger partial charge < -0.3 is 14.6 Å². The largest absolute Gasteiger partial charge is 0.478 e. The van der Waals surface area contributed by atoms with Crippen molar-refractivity contribution >= 4 is 11.9 Å². The van der Waals surface area contributed by atoms with E-state index in [-0.39, 0.29) is 11.2 Å². The number of ether oxygens (including phenoxy) is 2. The summed E-state index contributed by atoms with van der Waals surface area (Å²) >= 11 is 0. The summed E-state index contributed by atoms with van der Waals surface area (Å²) in [5, 5.41) is 8.83. The van der Waals surface area contributed by atoms with Crippen LogP contribution in [0.25, 0.3) is 0 Å². The molecule has 1 N–H and O–H groups in total. The molecule has 0 bridgehead atoms. The number of rotatable bonds is 6. The maximum Gasteiger partial charge on any atom is 0.338 e. The normalized spacial score (nSPS) is 12.0.